The number of hydrogen-bond donors (Lipinski definition) is 2. The first-order valence-corrected chi connectivity index (χ1v) is 7.25. The highest BCUT2D eigenvalue weighted by Gasteiger charge is 2.39. The molecule has 4 nitrogen and oxygen atoms in total. The second-order valence-corrected chi connectivity index (χ2v) is 5.26. The molecule has 1 unspecified atom stereocenters. The molecule has 1 atom stereocenters. The maximum absolute atomic E-state index is 13.3. The number of thiocarbonyl (C=S) groups is 1. The number of benzene rings is 1. The van der Waals surface area contributed by atoms with Crippen LogP contribution in [0, 0.1) is 0 Å². The zero-order valence-electron chi connectivity index (χ0n) is 12.5. The smallest absolute Gasteiger partial charge is 0.416 e. The summed E-state index contributed by atoms with van der Waals surface area (Å²) in [6.07, 6.45) is -4.14. The fourth-order valence-corrected chi connectivity index (χ4v) is 2.73. The van der Waals surface area contributed by atoms with E-state index in [1.807, 2.05) is 0 Å². The Labute approximate surface area is 136 Å². The van der Waals surface area contributed by atoms with Gasteiger partial charge in [0, 0.05) is 5.70 Å². The van der Waals surface area contributed by atoms with E-state index in [-0.39, 0.29) is 16.2 Å². The molecule has 23 heavy (non-hydrogen) atoms. The molecule has 124 valence electrons. The summed E-state index contributed by atoms with van der Waals surface area (Å²) in [5.74, 6) is -0.702. The molecule has 0 amide bonds. The van der Waals surface area contributed by atoms with Crippen molar-refractivity contribution in [2.45, 2.75) is 25.6 Å². The molecule has 0 fully saturated rings. The Morgan fingerprint density at radius 2 is 2.00 bits per heavy atom. The van der Waals surface area contributed by atoms with E-state index in [0.29, 0.717) is 12.1 Å². The highest BCUT2D eigenvalue weighted by Crippen LogP contribution is 2.38. The number of methoxy groups -OCH3 is 1. The lowest BCUT2D eigenvalue weighted by Crippen LogP contribution is -2.46. The van der Waals surface area contributed by atoms with Gasteiger partial charge in [0.05, 0.1) is 24.3 Å². The number of alkyl halides is 3. The van der Waals surface area contributed by atoms with Crippen LogP contribution in [0.15, 0.2) is 35.5 Å². The molecule has 2 N–H and O–H groups in total. The van der Waals surface area contributed by atoms with Gasteiger partial charge < -0.3 is 15.4 Å². The maximum atomic E-state index is 13.3. The van der Waals surface area contributed by atoms with Crippen molar-refractivity contribution in [3.63, 3.8) is 0 Å². The molecule has 1 aromatic rings. The fraction of sp³-hybridized carbons (Fsp3) is 0.333. The van der Waals surface area contributed by atoms with Gasteiger partial charge in [0.15, 0.2) is 5.11 Å². The molecule has 0 aromatic heterocycles. The number of allylic oxidation sites excluding steroid dienone is 1. The number of carbonyl (C=O) groups is 1. The Kier molecular flexibility index (Phi) is 4.93. The van der Waals surface area contributed by atoms with Crippen LogP contribution in [0.5, 0.6) is 0 Å². The summed E-state index contributed by atoms with van der Waals surface area (Å²) >= 11 is 5.05. The van der Waals surface area contributed by atoms with Crippen LogP contribution in [0.2, 0.25) is 0 Å². The molecule has 2 rings (SSSR count). The molecule has 0 saturated carbocycles. The normalized spacial score (nSPS) is 18.3. The van der Waals surface area contributed by atoms with Crippen LogP contribution < -0.4 is 10.6 Å². The monoisotopic (exact) mass is 344 g/mol. The van der Waals surface area contributed by atoms with Gasteiger partial charge in [0.1, 0.15) is 0 Å². The average molecular weight is 344 g/mol. The van der Waals surface area contributed by atoms with E-state index in [1.165, 1.54) is 25.3 Å². The molecular formula is C15H15F3N2O2S. The number of halogens is 3. The van der Waals surface area contributed by atoms with Gasteiger partial charge >= 0.3 is 12.1 Å². The van der Waals surface area contributed by atoms with E-state index < -0.39 is 23.8 Å². The summed E-state index contributed by atoms with van der Waals surface area (Å²) in [5, 5.41) is 5.71. The van der Waals surface area contributed by atoms with Gasteiger partial charge in [0.2, 0.25) is 0 Å². The van der Waals surface area contributed by atoms with E-state index >= 15 is 0 Å². The summed E-state index contributed by atoms with van der Waals surface area (Å²) in [6.45, 7) is 1.77. The van der Waals surface area contributed by atoms with Crippen molar-refractivity contribution in [2.75, 3.05) is 7.11 Å². The van der Waals surface area contributed by atoms with Crippen LogP contribution >= 0.6 is 12.2 Å². The van der Waals surface area contributed by atoms with Gasteiger partial charge in [-0.3, -0.25) is 0 Å². The minimum absolute atomic E-state index is 0.0739. The van der Waals surface area contributed by atoms with Crippen LogP contribution in [0.25, 0.3) is 0 Å². The van der Waals surface area contributed by atoms with Crippen molar-refractivity contribution < 1.29 is 22.7 Å². The second-order valence-electron chi connectivity index (χ2n) is 4.85. The zero-order valence-corrected chi connectivity index (χ0v) is 13.3. The van der Waals surface area contributed by atoms with Gasteiger partial charge in [-0.05, 0) is 30.3 Å². The summed E-state index contributed by atoms with van der Waals surface area (Å²) in [7, 11) is 1.18. The number of carbonyl (C=O) groups excluding carboxylic acids is 1. The third-order valence-electron chi connectivity index (χ3n) is 3.49. The summed E-state index contributed by atoms with van der Waals surface area (Å²) in [6, 6.07) is 4.06. The van der Waals surface area contributed by atoms with E-state index in [9.17, 15) is 18.0 Å². The third kappa shape index (κ3) is 3.47. The summed E-state index contributed by atoms with van der Waals surface area (Å²) in [4.78, 5) is 12.1. The molecule has 8 heteroatoms. The maximum Gasteiger partial charge on any atom is 0.416 e. The molecule has 0 spiro atoms. The SMILES string of the molecule is CCC1=C(C(=O)OC)C(c2ccccc2C(F)(F)F)NC(=S)N1. The molecule has 1 heterocycles. The quantitative estimate of drug-likeness (QED) is 0.652. The van der Waals surface area contributed by atoms with Crippen molar-refractivity contribution in [1.82, 2.24) is 10.6 Å². The number of rotatable bonds is 3. The van der Waals surface area contributed by atoms with Crippen molar-refractivity contribution in [1.29, 1.82) is 0 Å². The highest BCUT2D eigenvalue weighted by molar-refractivity contribution is 7.80. The Morgan fingerprint density at radius 1 is 1.35 bits per heavy atom. The standard InChI is InChI=1S/C15H15F3N2O2S/c1-3-10-11(13(21)22-2)12(20-14(23)19-10)8-6-4-5-7-9(8)15(16,17)18/h4-7,12H,3H2,1-2H3,(H2,19,20,23). The van der Waals surface area contributed by atoms with Crippen molar-refractivity contribution in [2.24, 2.45) is 0 Å². The molecule has 0 bridgehead atoms. The Hall–Kier alpha value is -2.09. The highest BCUT2D eigenvalue weighted by atomic mass is 32.1. The summed E-state index contributed by atoms with van der Waals surface area (Å²) in [5.41, 5.74) is -0.350. The van der Waals surface area contributed by atoms with Gasteiger partial charge in [-0.25, -0.2) is 4.79 Å². The zero-order chi connectivity index (χ0) is 17.2. The van der Waals surface area contributed by atoms with Crippen LogP contribution in [0.4, 0.5) is 13.2 Å². The van der Waals surface area contributed by atoms with Crippen LogP contribution in [0.1, 0.15) is 30.5 Å². The average Bonchev–Trinajstić information content (AvgIpc) is 2.52. The molecule has 0 aliphatic carbocycles. The number of nitrogens with one attached hydrogen (secondary N) is 2. The molecule has 1 aromatic carbocycles. The molecule has 1 aliphatic heterocycles. The van der Waals surface area contributed by atoms with Crippen LogP contribution in [-0.2, 0) is 15.7 Å². The molecule has 0 radical (unpaired) electrons. The predicted octanol–water partition coefficient (Wildman–Crippen LogP) is 3.06. The van der Waals surface area contributed by atoms with E-state index in [2.05, 4.69) is 10.6 Å². The van der Waals surface area contributed by atoms with Crippen molar-refractivity contribution in [3.8, 4) is 0 Å². The Bertz CT molecular complexity index is 671. The van der Waals surface area contributed by atoms with Crippen LogP contribution in [0.3, 0.4) is 0 Å². The first kappa shape index (κ1) is 17.3. The summed E-state index contributed by atoms with van der Waals surface area (Å²) < 4.78 is 44.6. The number of esters is 1. The minimum atomic E-state index is -4.54. The topological polar surface area (TPSA) is 50.4 Å². The van der Waals surface area contributed by atoms with Gasteiger partial charge in [0.25, 0.3) is 0 Å². The number of ether oxygens (including phenoxy) is 1. The van der Waals surface area contributed by atoms with E-state index in [4.69, 9.17) is 17.0 Å². The third-order valence-corrected chi connectivity index (χ3v) is 3.71. The molecule has 1 aliphatic rings. The van der Waals surface area contributed by atoms with Gasteiger partial charge in [-0.1, -0.05) is 25.1 Å². The first-order chi connectivity index (χ1) is 10.8. The van der Waals surface area contributed by atoms with Gasteiger partial charge in [-0.2, -0.15) is 13.2 Å². The minimum Gasteiger partial charge on any atom is -0.466 e. The fourth-order valence-electron chi connectivity index (χ4n) is 2.49. The lowest BCUT2D eigenvalue weighted by molar-refractivity contribution is -0.139. The van der Waals surface area contributed by atoms with Crippen molar-refractivity contribution in [3.05, 3.63) is 46.7 Å². The van der Waals surface area contributed by atoms with E-state index in [0.717, 1.165) is 6.07 Å². The lowest BCUT2D eigenvalue weighted by Gasteiger charge is -2.31. The first-order valence-electron chi connectivity index (χ1n) is 6.84. The number of hydrogen-bond acceptors (Lipinski definition) is 3. The Morgan fingerprint density at radius 3 is 2.57 bits per heavy atom. The Balaban J connectivity index is 2.65. The van der Waals surface area contributed by atoms with Gasteiger partial charge in [-0.15, -0.1) is 0 Å². The molecular weight excluding hydrogens is 329 g/mol. The second kappa shape index (κ2) is 6.57. The lowest BCUT2D eigenvalue weighted by atomic mass is 9.91. The van der Waals surface area contributed by atoms with E-state index in [1.54, 1.807) is 6.92 Å². The van der Waals surface area contributed by atoms with Crippen molar-refractivity contribution >= 4 is 23.3 Å². The predicted molar refractivity (Wildman–Crippen MR) is 82.4 cm³/mol. The molecule has 0 saturated heterocycles. The van der Waals surface area contributed by atoms with Crippen LogP contribution in [-0.4, -0.2) is 18.2 Å². The largest absolute Gasteiger partial charge is 0.466 e.